The molecular formula is C26H47N5O5S. The molecule has 0 aromatic heterocycles. The van der Waals surface area contributed by atoms with E-state index in [0.717, 1.165) is 19.3 Å². The van der Waals surface area contributed by atoms with Crippen LogP contribution in [0.3, 0.4) is 0 Å². The van der Waals surface area contributed by atoms with Gasteiger partial charge in [0.2, 0.25) is 17.7 Å². The Morgan fingerprint density at radius 2 is 1.84 bits per heavy atom. The van der Waals surface area contributed by atoms with Crippen molar-refractivity contribution in [2.45, 2.75) is 84.3 Å². The van der Waals surface area contributed by atoms with Crippen LogP contribution in [0.15, 0.2) is 12.2 Å². The van der Waals surface area contributed by atoms with E-state index in [1.54, 1.807) is 27.8 Å². The lowest BCUT2D eigenvalue weighted by Gasteiger charge is -2.24. The van der Waals surface area contributed by atoms with E-state index in [1.165, 1.54) is 36.3 Å². The topological polar surface area (TPSA) is 120 Å². The van der Waals surface area contributed by atoms with Gasteiger partial charge in [-0.1, -0.05) is 31.9 Å². The predicted molar refractivity (Wildman–Crippen MR) is 147 cm³/mol. The first-order chi connectivity index (χ1) is 17.4. The van der Waals surface area contributed by atoms with Gasteiger partial charge in [0, 0.05) is 31.6 Å². The van der Waals surface area contributed by atoms with Gasteiger partial charge in [0.1, 0.15) is 18.2 Å². The maximum atomic E-state index is 12.0. The van der Waals surface area contributed by atoms with Crippen LogP contribution in [-0.2, 0) is 19.1 Å². The van der Waals surface area contributed by atoms with Crippen LogP contribution in [0.2, 0.25) is 0 Å². The monoisotopic (exact) mass is 541 g/mol. The molecule has 10 nitrogen and oxygen atoms in total. The molecule has 4 amide bonds. The molecule has 2 fully saturated rings. The Hall–Kier alpha value is -2.27. The van der Waals surface area contributed by atoms with Crippen LogP contribution in [0.1, 0.15) is 72.6 Å². The number of alkyl carbamates (subject to hydrolysis) is 1. The van der Waals surface area contributed by atoms with E-state index >= 15 is 0 Å². The highest BCUT2D eigenvalue weighted by Crippen LogP contribution is 2.40. The number of likely N-dealkylation sites (tertiary alicyclic amines) is 1. The summed E-state index contributed by atoms with van der Waals surface area (Å²) >= 11 is 1.35. The minimum atomic E-state index is -0.637. The molecule has 2 rings (SSSR count). The summed E-state index contributed by atoms with van der Waals surface area (Å²) in [6, 6.07) is -0.437. The third kappa shape index (κ3) is 13.7. The van der Waals surface area contributed by atoms with E-state index in [0.29, 0.717) is 18.9 Å². The Bertz CT molecular complexity index is 784. The number of likely N-dealkylation sites (N-methyl/N-ethyl adjacent to an activating group) is 1. The van der Waals surface area contributed by atoms with Crippen molar-refractivity contribution in [3.8, 4) is 0 Å². The van der Waals surface area contributed by atoms with Crippen LogP contribution in [0.5, 0.6) is 0 Å². The predicted octanol–water partition coefficient (Wildman–Crippen LogP) is 3.25. The lowest BCUT2D eigenvalue weighted by Crippen LogP contribution is -2.48. The van der Waals surface area contributed by atoms with Crippen LogP contribution in [0, 0.1) is 11.8 Å². The molecule has 3 N–H and O–H groups in total. The second-order valence-electron chi connectivity index (χ2n) is 10.5. The van der Waals surface area contributed by atoms with Crippen molar-refractivity contribution in [2.75, 3.05) is 34.2 Å². The molecule has 1 saturated carbocycles. The largest absolute Gasteiger partial charge is 0.444 e. The SMILES string of the molecule is CCCCC/C=C\C1CC1C(=O)NSN(C)C.CNC(=O)C1CCCN1C(=O)CNC(=O)OC(C)(C)C. The highest BCUT2D eigenvalue weighted by atomic mass is 32.2. The van der Waals surface area contributed by atoms with Crippen LogP contribution in [-0.4, -0.2) is 78.9 Å². The molecule has 3 unspecified atom stereocenters. The van der Waals surface area contributed by atoms with Gasteiger partial charge in [-0.25, -0.2) is 9.10 Å². The first-order valence-electron chi connectivity index (χ1n) is 13.2. The third-order valence-corrected chi connectivity index (χ3v) is 6.43. The average molecular weight is 542 g/mol. The van der Waals surface area contributed by atoms with Gasteiger partial charge < -0.3 is 20.3 Å². The van der Waals surface area contributed by atoms with E-state index in [2.05, 4.69) is 34.4 Å². The van der Waals surface area contributed by atoms with E-state index in [4.69, 9.17) is 4.74 Å². The molecule has 11 heteroatoms. The van der Waals surface area contributed by atoms with Crippen molar-refractivity contribution < 1.29 is 23.9 Å². The fourth-order valence-corrected chi connectivity index (χ4v) is 4.22. The molecule has 37 heavy (non-hydrogen) atoms. The van der Waals surface area contributed by atoms with Gasteiger partial charge in [0.25, 0.3) is 0 Å². The second-order valence-corrected chi connectivity index (χ2v) is 11.6. The number of nitrogens with one attached hydrogen (secondary N) is 3. The summed E-state index contributed by atoms with van der Waals surface area (Å²) < 4.78 is 9.79. The van der Waals surface area contributed by atoms with Gasteiger partial charge in [-0.15, -0.1) is 0 Å². The maximum Gasteiger partial charge on any atom is 0.408 e. The van der Waals surface area contributed by atoms with Crippen LogP contribution in [0.4, 0.5) is 4.79 Å². The highest BCUT2D eigenvalue weighted by molar-refractivity contribution is 7.95. The van der Waals surface area contributed by atoms with Gasteiger partial charge in [0.05, 0.1) is 0 Å². The smallest absolute Gasteiger partial charge is 0.408 e. The molecule has 0 aromatic rings. The van der Waals surface area contributed by atoms with Gasteiger partial charge in [-0.05, 0) is 72.9 Å². The summed E-state index contributed by atoms with van der Waals surface area (Å²) in [5.74, 6) is 0.422. The van der Waals surface area contributed by atoms with Crippen molar-refractivity contribution in [1.29, 1.82) is 0 Å². The van der Waals surface area contributed by atoms with Gasteiger partial charge in [0.15, 0.2) is 0 Å². The van der Waals surface area contributed by atoms with Crippen molar-refractivity contribution in [3.05, 3.63) is 12.2 Å². The Kier molecular flexibility index (Phi) is 14.7. The van der Waals surface area contributed by atoms with Crippen molar-refractivity contribution >= 4 is 35.9 Å². The summed E-state index contributed by atoms with van der Waals surface area (Å²) in [5, 5.41) is 4.95. The zero-order valence-corrected chi connectivity index (χ0v) is 24.4. The molecule has 2 aliphatic rings. The lowest BCUT2D eigenvalue weighted by molar-refractivity contribution is -0.137. The second kappa shape index (κ2) is 16.5. The molecule has 1 aliphatic heterocycles. The van der Waals surface area contributed by atoms with Crippen molar-refractivity contribution in [2.24, 2.45) is 11.8 Å². The van der Waals surface area contributed by atoms with Crippen molar-refractivity contribution in [3.63, 3.8) is 0 Å². The molecule has 1 aliphatic carbocycles. The fourth-order valence-electron chi connectivity index (χ4n) is 3.79. The zero-order chi connectivity index (χ0) is 28.0. The number of amides is 4. The fraction of sp³-hybridized carbons (Fsp3) is 0.769. The number of carbonyl (C=O) groups excluding carboxylic acids is 4. The molecule has 1 saturated heterocycles. The summed E-state index contributed by atoms with van der Waals surface area (Å²) in [6.07, 6.45) is 11.3. The lowest BCUT2D eigenvalue weighted by atomic mass is 10.2. The molecule has 212 valence electrons. The van der Waals surface area contributed by atoms with Gasteiger partial charge >= 0.3 is 6.09 Å². The molecular weight excluding hydrogens is 494 g/mol. The molecule has 3 atom stereocenters. The number of unbranched alkanes of at least 4 members (excludes halogenated alkanes) is 3. The number of hydrogen-bond donors (Lipinski definition) is 3. The summed E-state index contributed by atoms with van der Waals surface area (Å²) in [7, 11) is 5.38. The minimum Gasteiger partial charge on any atom is -0.444 e. The van der Waals surface area contributed by atoms with Crippen molar-refractivity contribution in [1.82, 2.24) is 24.6 Å². The Morgan fingerprint density at radius 1 is 1.14 bits per heavy atom. The number of nitrogens with zero attached hydrogens (tertiary/aromatic N) is 2. The van der Waals surface area contributed by atoms with E-state index < -0.39 is 17.7 Å². The molecule has 0 spiro atoms. The molecule has 0 radical (unpaired) electrons. The number of hydrogen-bond acceptors (Lipinski definition) is 7. The molecule has 0 bridgehead atoms. The Balaban J connectivity index is 0.000000375. The zero-order valence-electron chi connectivity index (χ0n) is 23.6. The van der Waals surface area contributed by atoms with Gasteiger partial charge in [-0.3, -0.25) is 19.1 Å². The Labute approximate surface area is 226 Å². The highest BCUT2D eigenvalue weighted by Gasteiger charge is 2.41. The number of rotatable bonds is 11. The van der Waals surface area contributed by atoms with Crippen LogP contribution < -0.4 is 15.4 Å². The van der Waals surface area contributed by atoms with E-state index in [1.807, 2.05) is 18.4 Å². The van der Waals surface area contributed by atoms with Crippen LogP contribution in [0.25, 0.3) is 0 Å². The number of carbonyl (C=O) groups is 4. The summed E-state index contributed by atoms with van der Waals surface area (Å²) in [6.45, 7) is 7.83. The number of ether oxygens (including phenoxy) is 1. The standard InChI is InChI=1S/C13H23N3O4.C13H24N2OS/c1-13(2,3)20-12(19)15-8-10(17)16-7-5-6-9(16)11(18)14-4;1-4-5-6-7-8-9-11-10-12(11)13(16)14-17-15(2)3/h9H,5-8H2,1-4H3,(H,14,18)(H,15,19);8-9,11-12H,4-7,10H2,1-3H3,(H,14,16)/b;9-8-. The first kappa shape index (κ1) is 32.8. The first-order valence-corrected chi connectivity index (χ1v) is 14.0. The molecule has 0 aromatic carbocycles. The quantitative estimate of drug-likeness (QED) is 0.209. The van der Waals surface area contributed by atoms with E-state index in [9.17, 15) is 19.2 Å². The number of allylic oxidation sites excluding steroid dienone is 2. The Morgan fingerprint density at radius 3 is 2.43 bits per heavy atom. The normalized spacial score (nSPS) is 20.8. The third-order valence-electron chi connectivity index (χ3n) is 5.77. The summed E-state index contributed by atoms with van der Waals surface area (Å²) in [4.78, 5) is 48.3. The minimum absolute atomic E-state index is 0.164. The average Bonchev–Trinajstić information content (AvgIpc) is 3.43. The van der Waals surface area contributed by atoms with E-state index in [-0.39, 0.29) is 30.2 Å². The van der Waals surface area contributed by atoms with Crippen LogP contribution >= 0.6 is 12.1 Å². The van der Waals surface area contributed by atoms with Gasteiger partial charge in [-0.2, -0.15) is 0 Å². The maximum absolute atomic E-state index is 12.0. The molecule has 1 heterocycles. The summed E-state index contributed by atoms with van der Waals surface area (Å²) in [5.41, 5.74) is -0.606.